The largest absolute Gasteiger partial charge is 0.480 e. The highest BCUT2D eigenvalue weighted by Crippen LogP contribution is 2.28. The summed E-state index contributed by atoms with van der Waals surface area (Å²) < 4.78 is 0. The van der Waals surface area contributed by atoms with Crippen LogP contribution in [0.4, 0.5) is 4.79 Å². The topological polar surface area (TPSA) is 60.9 Å². The van der Waals surface area contributed by atoms with Crippen molar-refractivity contribution in [2.45, 2.75) is 52.1 Å². The predicted molar refractivity (Wildman–Crippen MR) is 64.9 cm³/mol. The summed E-state index contributed by atoms with van der Waals surface area (Å²) in [5.74, 6) is -0.939. The zero-order valence-electron chi connectivity index (χ0n) is 10.8. The summed E-state index contributed by atoms with van der Waals surface area (Å²) in [7, 11) is 0. The Morgan fingerprint density at radius 3 is 2.29 bits per heavy atom. The van der Waals surface area contributed by atoms with Gasteiger partial charge in [0, 0.05) is 18.6 Å². The molecule has 1 aliphatic carbocycles. The summed E-state index contributed by atoms with van der Waals surface area (Å²) in [6.45, 7) is 6.38. The maximum Gasteiger partial charge on any atom is 0.323 e. The molecule has 1 fully saturated rings. The molecular formula is C12H22N2O3. The van der Waals surface area contributed by atoms with E-state index in [1.54, 1.807) is 4.90 Å². The molecule has 0 aromatic rings. The van der Waals surface area contributed by atoms with Gasteiger partial charge < -0.3 is 14.9 Å². The van der Waals surface area contributed by atoms with Crippen molar-refractivity contribution in [2.75, 3.05) is 13.1 Å². The Kier molecular flexibility index (Phi) is 4.78. The third-order valence-corrected chi connectivity index (χ3v) is 3.25. The predicted octanol–water partition coefficient (Wildman–Crippen LogP) is 1.78. The quantitative estimate of drug-likeness (QED) is 0.772. The van der Waals surface area contributed by atoms with Crippen LogP contribution in [0.25, 0.3) is 0 Å². The molecule has 17 heavy (non-hydrogen) atoms. The van der Waals surface area contributed by atoms with Crippen molar-refractivity contribution in [1.29, 1.82) is 0 Å². The number of rotatable bonds is 6. The molecule has 1 aliphatic rings. The highest BCUT2D eigenvalue weighted by Gasteiger charge is 2.36. The first-order valence-electron chi connectivity index (χ1n) is 6.30. The standard InChI is InChI=1S/C12H22N2O3/c1-4-9(3)13(5-2)12(17)14(8-11(15)16)10-6-7-10/h9-10H,4-8H2,1-3H3,(H,15,16). The summed E-state index contributed by atoms with van der Waals surface area (Å²) in [5.41, 5.74) is 0. The lowest BCUT2D eigenvalue weighted by Gasteiger charge is -2.33. The lowest BCUT2D eigenvalue weighted by Crippen LogP contribution is -2.49. The Morgan fingerprint density at radius 1 is 1.35 bits per heavy atom. The molecule has 0 saturated heterocycles. The number of hydrogen-bond donors (Lipinski definition) is 1. The number of aliphatic carboxylic acids is 1. The van der Waals surface area contributed by atoms with Crippen LogP contribution >= 0.6 is 0 Å². The zero-order chi connectivity index (χ0) is 13.0. The number of urea groups is 1. The molecule has 0 aromatic carbocycles. The van der Waals surface area contributed by atoms with Gasteiger partial charge in [0.2, 0.25) is 0 Å². The van der Waals surface area contributed by atoms with Crippen molar-refractivity contribution in [3.8, 4) is 0 Å². The molecule has 0 spiro atoms. The van der Waals surface area contributed by atoms with Crippen molar-refractivity contribution in [3.63, 3.8) is 0 Å². The molecule has 0 heterocycles. The Bertz CT molecular complexity index is 289. The molecule has 1 unspecified atom stereocenters. The highest BCUT2D eigenvalue weighted by molar-refractivity contribution is 5.81. The van der Waals surface area contributed by atoms with Gasteiger partial charge >= 0.3 is 12.0 Å². The summed E-state index contributed by atoms with van der Waals surface area (Å²) in [6.07, 6.45) is 2.74. The fraction of sp³-hybridized carbons (Fsp3) is 0.833. The molecule has 1 saturated carbocycles. The molecule has 0 radical (unpaired) electrons. The van der Waals surface area contributed by atoms with E-state index in [2.05, 4.69) is 0 Å². The van der Waals surface area contributed by atoms with Crippen molar-refractivity contribution in [2.24, 2.45) is 0 Å². The van der Waals surface area contributed by atoms with E-state index in [0.717, 1.165) is 19.3 Å². The SMILES string of the molecule is CCC(C)N(CC)C(=O)N(CC(=O)O)C1CC1. The Balaban J connectivity index is 2.71. The lowest BCUT2D eigenvalue weighted by molar-refractivity contribution is -0.137. The van der Waals surface area contributed by atoms with Crippen LogP contribution in [-0.2, 0) is 4.79 Å². The number of nitrogens with zero attached hydrogens (tertiary/aromatic N) is 2. The fourth-order valence-electron chi connectivity index (χ4n) is 1.91. The van der Waals surface area contributed by atoms with Gasteiger partial charge in [-0.05, 0) is 33.1 Å². The normalized spacial score (nSPS) is 16.4. The van der Waals surface area contributed by atoms with Gasteiger partial charge in [-0.15, -0.1) is 0 Å². The van der Waals surface area contributed by atoms with Crippen LogP contribution in [-0.4, -0.2) is 52.1 Å². The number of amides is 2. The number of hydrogen-bond acceptors (Lipinski definition) is 2. The van der Waals surface area contributed by atoms with Gasteiger partial charge in [-0.3, -0.25) is 4.79 Å². The van der Waals surface area contributed by atoms with Crippen LogP contribution in [0.15, 0.2) is 0 Å². The van der Waals surface area contributed by atoms with E-state index in [-0.39, 0.29) is 24.7 Å². The number of carboxylic acid groups (broad SMARTS) is 1. The Morgan fingerprint density at radius 2 is 1.94 bits per heavy atom. The summed E-state index contributed by atoms with van der Waals surface area (Å²) in [6, 6.07) is 0.158. The molecule has 2 amide bonds. The monoisotopic (exact) mass is 242 g/mol. The van der Waals surface area contributed by atoms with Gasteiger partial charge in [-0.2, -0.15) is 0 Å². The van der Waals surface area contributed by atoms with Crippen molar-refractivity contribution >= 4 is 12.0 Å². The van der Waals surface area contributed by atoms with Crippen LogP contribution in [0.1, 0.15) is 40.0 Å². The van der Waals surface area contributed by atoms with Crippen molar-refractivity contribution in [1.82, 2.24) is 9.80 Å². The minimum Gasteiger partial charge on any atom is -0.480 e. The molecule has 0 aromatic heterocycles. The maximum absolute atomic E-state index is 12.3. The first-order valence-corrected chi connectivity index (χ1v) is 6.30. The second kappa shape index (κ2) is 5.89. The lowest BCUT2D eigenvalue weighted by atomic mass is 10.2. The second-order valence-electron chi connectivity index (χ2n) is 4.58. The summed E-state index contributed by atoms with van der Waals surface area (Å²) in [5, 5.41) is 8.85. The Labute approximate surface area is 102 Å². The molecule has 1 atom stereocenters. The van der Waals surface area contributed by atoms with Crippen LogP contribution in [0, 0.1) is 0 Å². The van der Waals surface area contributed by atoms with E-state index in [4.69, 9.17) is 5.11 Å². The average molecular weight is 242 g/mol. The van der Waals surface area contributed by atoms with Gasteiger partial charge in [0.15, 0.2) is 0 Å². The van der Waals surface area contributed by atoms with E-state index >= 15 is 0 Å². The molecule has 0 bridgehead atoms. The van der Waals surface area contributed by atoms with Gasteiger partial charge in [0.1, 0.15) is 6.54 Å². The smallest absolute Gasteiger partial charge is 0.323 e. The van der Waals surface area contributed by atoms with Crippen LogP contribution in [0.2, 0.25) is 0 Å². The second-order valence-corrected chi connectivity index (χ2v) is 4.58. The number of carbonyl (C=O) groups excluding carboxylic acids is 1. The molecule has 5 nitrogen and oxygen atoms in total. The molecule has 1 N–H and O–H groups in total. The Hall–Kier alpha value is -1.26. The number of carboxylic acids is 1. The highest BCUT2D eigenvalue weighted by atomic mass is 16.4. The minimum absolute atomic E-state index is 0.133. The third kappa shape index (κ3) is 3.61. The molecule has 1 rings (SSSR count). The van der Waals surface area contributed by atoms with Crippen molar-refractivity contribution < 1.29 is 14.7 Å². The summed E-state index contributed by atoms with van der Waals surface area (Å²) >= 11 is 0. The third-order valence-electron chi connectivity index (χ3n) is 3.25. The molecule has 5 heteroatoms. The van der Waals surface area contributed by atoms with E-state index in [9.17, 15) is 9.59 Å². The van der Waals surface area contributed by atoms with Gasteiger partial charge in [-0.25, -0.2) is 4.79 Å². The zero-order valence-corrected chi connectivity index (χ0v) is 10.8. The average Bonchev–Trinajstić information content (AvgIpc) is 3.09. The molecular weight excluding hydrogens is 220 g/mol. The number of carbonyl (C=O) groups is 2. The summed E-state index contributed by atoms with van der Waals surface area (Å²) in [4.78, 5) is 26.3. The van der Waals surface area contributed by atoms with E-state index in [1.165, 1.54) is 4.90 Å². The maximum atomic E-state index is 12.3. The van der Waals surface area contributed by atoms with Crippen LogP contribution in [0.5, 0.6) is 0 Å². The van der Waals surface area contributed by atoms with E-state index < -0.39 is 5.97 Å². The molecule has 98 valence electrons. The van der Waals surface area contributed by atoms with Gasteiger partial charge in [0.25, 0.3) is 0 Å². The minimum atomic E-state index is -0.939. The van der Waals surface area contributed by atoms with Gasteiger partial charge in [0.05, 0.1) is 0 Å². The van der Waals surface area contributed by atoms with E-state index in [1.807, 2.05) is 20.8 Å². The first-order chi connectivity index (χ1) is 8.01. The first kappa shape index (κ1) is 13.8. The van der Waals surface area contributed by atoms with Crippen molar-refractivity contribution in [3.05, 3.63) is 0 Å². The van der Waals surface area contributed by atoms with E-state index in [0.29, 0.717) is 6.54 Å². The fourth-order valence-corrected chi connectivity index (χ4v) is 1.91. The van der Waals surface area contributed by atoms with Crippen LogP contribution < -0.4 is 0 Å². The van der Waals surface area contributed by atoms with Crippen LogP contribution in [0.3, 0.4) is 0 Å². The molecule has 0 aliphatic heterocycles. The van der Waals surface area contributed by atoms with Gasteiger partial charge in [-0.1, -0.05) is 6.92 Å².